The third kappa shape index (κ3) is 3.96. The molecule has 7 nitrogen and oxygen atoms in total. The number of hydrogen-bond acceptors (Lipinski definition) is 5. The van der Waals surface area contributed by atoms with Crippen LogP contribution in [0.4, 0.5) is 5.82 Å². The summed E-state index contributed by atoms with van der Waals surface area (Å²) in [5, 5.41) is 7.43. The maximum absolute atomic E-state index is 12.5. The zero-order chi connectivity index (χ0) is 16.9. The van der Waals surface area contributed by atoms with Crippen molar-refractivity contribution < 1.29 is 14.3 Å². The van der Waals surface area contributed by atoms with Crippen LogP contribution >= 0.6 is 0 Å². The third-order valence-electron chi connectivity index (χ3n) is 5.14. The van der Waals surface area contributed by atoms with Gasteiger partial charge in [-0.05, 0) is 19.3 Å². The topological polar surface area (TPSA) is 68.6 Å². The van der Waals surface area contributed by atoms with E-state index in [1.807, 2.05) is 10.7 Å². The lowest BCUT2D eigenvalue weighted by atomic mass is 10.2. The average Bonchev–Trinajstić information content (AvgIpc) is 3.28. The van der Waals surface area contributed by atoms with Gasteiger partial charge in [-0.3, -0.25) is 9.69 Å². The predicted molar refractivity (Wildman–Crippen MR) is 91.0 cm³/mol. The van der Waals surface area contributed by atoms with Crippen molar-refractivity contribution in [2.75, 3.05) is 39.2 Å². The van der Waals surface area contributed by atoms with E-state index in [2.05, 4.69) is 15.3 Å². The van der Waals surface area contributed by atoms with E-state index < -0.39 is 0 Å². The number of nitrogens with zero attached hydrogens (tertiary/aromatic N) is 3. The summed E-state index contributed by atoms with van der Waals surface area (Å²) >= 11 is 0. The molecule has 1 aromatic rings. The fourth-order valence-corrected chi connectivity index (χ4v) is 3.89. The fraction of sp³-hybridized carbons (Fsp3) is 0.765. The molecule has 0 aromatic carbocycles. The first-order valence-electron chi connectivity index (χ1n) is 8.80. The molecule has 0 bridgehead atoms. The molecule has 2 fully saturated rings. The highest BCUT2D eigenvalue weighted by Crippen LogP contribution is 2.31. The van der Waals surface area contributed by atoms with E-state index >= 15 is 0 Å². The van der Waals surface area contributed by atoms with Gasteiger partial charge < -0.3 is 14.8 Å². The van der Waals surface area contributed by atoms with Crippen LogP contribution in [0, 0.1) is 0 Å². The SMILES string of the molecule is COC[C@@H]1C[C@@H](OC)CN1CC(=O)Nc1ccnn1C1CCCC1. The van der Waals surface area contributed by atoms with Gasteiger partial charge in [0.25, 0.3) is 0 Å². The Morgan fingerprint density at radius 1 is 1.38 bits per heavy atom. The second-order valence-electron chi connectivity index (χ2n) is 6.78. The number of ether oxygens (including phenoxy) is 2. The van der Waals surface area contributed by atoms with Crippen molar-refractivity contribution in [3.05, 3.63) is 12.3 Å². The van der Waals surface area contributed by atoms with Crippen LogP contribution in [-0.2, 0) is 14.3 Å². The first-order chi connectivity index (χ1) is 11.7. The van der Waals surface area contributed by atoms with E-state index in [0.717, 1.165) is 31.6 Å². The van der Waals surface area contributed by atoms with Gasteiger partial charge in [-0.25, -0.2) is 4.68 Å². The lowest BCUT2D eigenvalue weighted by Gasteiger charge is -2.23. The highest BCUT2D eigenvalue weighted by Gasteiger charge is 2.33. The van der Waals surface area contributed by atoms with Gasteiger partial charge in [0.2, 0.25) is 5.91 Å². The van der Waals surface area contributed by atoms with Crippen LogP contribution in [0.5, 0.6) is 0 Å². The van der Waals surface area contributed by atoms with Crippen molar-refractivity contribution >= 4 is 11.7 Å². The molecule has 2 heterocycles. The number of nitrogens with one attached hydrogen (secondary N) is 1. The van der Waals surface area contributed by atoms with Crippen LogP contribution in [0.25, 0.3) is 0 Å². The number of carbonyl (C=O) groups excluding carboxylic acids is 1. The van der Waals surface area contributed by atoms with Crippen molar-refractivity contribution in [1.82, 2.24) is 14.7 Å². The Morgan fingerprint density at radius 2 is 2.17 bits per heavy atom. The predicted octanol–water partition coefficient (Wildman–Crippen LogP) is 1.67. The van der Waals surface area contributed by atoms with Crippen LogP contribution in [-0.4, -0.2) is 66.6 Å². The average molecular weight is 336 g/mol. The van der Waals surface area contributed by atoms with Gasteiger partial charge >= 0.3 is 0 Å². The van der Waals surface area contributed by atoms with E-state index in [0.29, 0.717) is 19.2 Å². The van der Waals surface area contributed by atoms with E-state index in [1.54, 1.807) is 20.4 Å². The van der Waals surface area contributed by atoms with E-state index in [4.69, 9.17) is 9.47 Å². The van der Waals surface area contributed by atoms with E-state index in [9.17, 15) is 4.79 Å². The third-order valence-corrected chi connectivity index (χ3v) is 5.14. The van der Waals surface area contributed by atoms with Crippen molar-refractivity contribution in [1.29, 1.82) is 0 Å². The smallest absolute Gasteiger partial charge is 0.239 e. The molecule has 1 saturated carbocycles. The normalized spacial score (nSPS) is 25.4. The Balaban J connectivity index is 1.58. The highest BCUT2D eigenvalue weighted by molar-refractivity contribution is 5.91. The van der Waals surface area contributed by atoms with Crippen LogP contribution in [0.2, 0.25) is 0 Å². The first kappa shape index (κ1) is 17.4. The number of anilines is 1. The Hall–Kier alpha value is -1.44. The minimum absolute atomic E-state index is 0.00685. The lowest BCUT2D eigenvalue weighted by Crippen LogP contribution is -2.39. The molecule has 0 radical (unpaired) electrons. The summed E-state index contributed by atoms with van der Waals surface area (Å²) < 4.78 is 12.7. The van der Waals surface area contributed by atoms with Gasteiger partial charge in [0.05, 0.1) is 31.5 Å². The monoisotopic (exact) mass is 336 g/mol. The molecule has 1 saturated heterocycles. The molecule has 7 heteroatoms. The Kier molecular flexibility index (Phi) is 5.86. The quantitative estimate of drug-likeness (QED) is 0.820. The van der Waals surface area contributed by atoms with Crippen molar-refractivity contribution in [2.45, 2.75) is 50.3 Å². The summed E-state index contributed by atoms with van der Waals surface area (Å²) in [6.45, 7) is 1.73. The van der Waals surface area contributed by atoms with E-state index in [-0.39, 0.29) is 18.1 Å². The van der Waals surface area contributed by atoms with Crippen LogP contribution in [0.1, 0.15) is 38.1 Å². The molecule has 3 rings (SSSR count). The van der Waals surface area contributed by atoms with Gasteiger partial charge in [-0.15, -0.1) is 0 Å². The van der Waals surface area contributed by atoms with Gasteiger partial charge in [0, 0.05) is 32.9 Å². The molecule has 1 aliphatic carbocycles. The zero-order valence-electron chi connectivity index (χ0n) is 14.6. The summed E-state index contributed by atoms with van der Waals surface area (Å²) in [7, 11) is 3.41. The first-order valence-corrected chi connectivity index (χ1v) is 8.80. The number of methoxy groups -OCH3 is 2. The Bertz CT molecular complexity index is 542. The maximum Gasteiger partial charge on any atom is 0.239 e. The molecule has 134 valence electrons. The molecule has 0 spiro atoms. The number of likely N-dealkylation sites (tertiary alicyclic amines) is 1. The largest absolute Gasteiger partial charge is 0.383 e. The van der Waals surface area contributed by atoms with Crippen molar-refractivity contribution in [3.8, 4) is 0 Å². The molecule has 1 N–H and O–H groups in total. The molecule has 1 aliphatic heterocycles. The summed E-state index contributed by atoms with van der Waals surface area (Å²) in [6, 6.07) is 2.52. The number of rotatable bonds is 7. The fourth-order valence-electron chi connectivity index (χ4n) is 3.89. The number of carbonyl (C=O) groups is 1. The molecule has 2 aliphatic rings. The number of amides is 1. The summed E-state index contributed by atoms with van der Waals surface area (Å²) in [6.07, 6.45) is 7.59. The maximum atomic E-state index is 12.5. The second kappa shape index (κ2) is 8.09. The molecule has 1 aromatic heterocycles. The second-order valence-corrected chi connectivity index (χ2v) is 6.78. The molecule has 1 amide bonds. The Labute approximate surface area is 143 Å². The minimum atomic E-state index is -0.00685. The van der Waals surface area contributed by atoms with Gasteiger partial charge in [-0.1, -0.05) is 12.8 Å². The molecule has 24 heavy (non-hydrogen) atoms. The highest BCUT2D eigenvalue weighted by atomic mass is 16.5. The number of aromatic nitrogens is 2. The summed E-state index contributed by atoms with van der Waals surface area (Å²) in [5.41, 5.74) is 0. The molecule has 0 unspecified atom stereocenters. The standard InChI is InChI=1S/C17H28N4O3/c1-23-12-14-9-15(24-2)10-20(14)11-17(22)19-16-7-8-18-21(16)13-5-3-4-6-13/h7-8,13-15H,3-6,9-12H2,1-2H3,(H,19,22)/t14-,15+/m0/s1. The van der Waals surface area contributed by atoms with E-state index in [1.165, 1.54) is 12.8 Å². The van der Waals surface area contributed by atoms with Gasteiger partial charge in [0.15, 0.2) is 0 Å². The van der Waals surface area contributed by atoms with Crippen LogP contribution < -0.4 is 5.32 Å². The van der Waals surface area contributed by atoms with Gasteiger partial charge in [-0.2, -0.15) is 5.10 Å². The number of hydrogen-bond donors (Lipinski definition) is 1. The van der Waals surface area contributed by atoms with Crippen molar-refractivity contribution in [2.24, 2.45) is 0 Å². The summed E-state index contributed by atoms with van der Waals surface area (Å²) in [5.74, 6) is 0.797. The summed E-state index contributed by atoms with van der Waals surface area (Å²) in [4.78, 5) is 14.6. The lowest BCUT2D eigenvalue weighted by molar-refractivity contribution is -0.117. The molecular weight excluding hydrogens is 308 g/mol. The Morgan fingerprint density at radius 3 is 2.88 bits per heavy atom. The van der Waals surface area contributed by atoms with Crippen LogP contribution in [0.15, 0.2) is 12.3 Å². The van der Waals surface area contributed by atoms with Gasteiger partial charge in [0.1, 0.15) is 5.82 Å². The zero-order valence-corrected chi connectivity index (χ0v) is 14.6. The molecule has 2 atom stereocenters. The minimum Gasteiger partial charge on any atom is -0.383 e. The molecular formula is C17H28N4O3. The van der Waals surface area contributed by atoms with Crippen LogP contribution in [0.3, 0.4) is 0 Å². The van der Waals surface area contributed by atoms with Crippen molar-refractivity contribution in [3.63, 3.8) is 0 Å².